The smallest absolute Gasteiger partial charge is 0.227 e. The molecule has 2 aromatic rings. The van der Waals surface area contributed by atoms with Crippen LogP contribution >= 0.6 is 0 Å². The topological polar surface area (TPSA) is 45.6 Å². The number of carbonyl (C=O) groups excluding carboxylic acids is 2. The van der Waals surface area contributed by atoms with Gasteiger partial charge in [0.2, 0.25) is 11.8 Å². The zero-order valence-electron chi connectivity index (χ0n) is 15.9. The maximum atomic E-state index is 12.6. The summed E-state index contributed by atoms with van der Waals surface area (Å²) in [5.41, 5.74) is 4.55. The predicted molar refractivity (Wildman–Crippen MR) is 102 cm³/mol. The summed E-state index contributed by atoms with van der Waals surface area (Å²) >= 11 is 0. The first kappa shape index (κ1) is 18.2. The zero-order valence-corrected chi connectivity index (χ0v) is 15.9. The second-order valence-corrected chi connectivity index (χ2v) is 7.22. The van der Waals surface area contributed by atoms with Gasteiger partial charge in [0.05, 0.1) is 12.8 Å². The quantitative estimate of drug-likeness (QED) is 0.845. The third-order valence-electron chi connectivity index (χ3n) is 5.16. The van der Waals surface area contributed by atoms with E-state index >= 15 is 0 Å². The highest BCUT2D eigenvalue weighted by Gasteiger charge is 2.24. The highest BCUT2D eigenvalue weighted by Crippen LogP contribution is 2.13. The summed E-state index contributed by atoms with van der Waals surface area (Å²) in [6.07, 6.45) is 4.78. The van der Waals surface area contributed by atoms with Crippen LogP contribution in [0.3, 0.4) is 0 Å². The Balaban J connectivity index is 1.50. The summed E-state index contributed by atoms with van der Waals surface area (Å²) in [5.74, 6) is 0.279. The van der Waals surface area contributed by atoms with Gasteiger partial charge in [0, 0.05) is 45.6 Å². The number of aryl methyl sites for hydroxylation is 3. The number of hydrogen-bond donors (Lipinski definition) is 0. The molecule has 2 heterocycles. The van der Waals surface area contributed by atoms with E-state index in [2.05, 4.69) is 26.0 Å². The van der Waals surface area contributed by atoms with Gasteiger partial charge in [-0.25, -0.2) is 0 Å². The molecule has 3 rings (SSSR count). The molecule has 0 radical (unpaired) electrons. The van der Waals surface area contributed by atoms with E-state index in [9.17, 15) is 9.59 Å². The van der Waals surface area contributed by atoms with Crippen molar-refractivity contribution in [2.75, 3.05) is 26.2 Å². The normalized spacial score (nSPS) is 14.6. The molecule has 138 valence electrons. The van der Waals surface area contributed by atoms with Crippen LogP contribution in [0.2, 0.25) is 0 Å². The number of amides is 2. The second kappa shape index (κ2) is 7.77. The molecule has 1 aliphatic heterocycles. The molecule has 1 saturated heterocycles. The molecule has 0 spiro atoms. The lowest BCUT2D eigenvalue weighted by Crippen LogP contribution is -2.51. The minimum Gasteiger partial charge on any atom is -0.357 e. The van der Waals surface area contributed by atoms with Crippen LogP contribution in [0, 0.1) is 13.8 Å². The van der Waals surface area contributed by atoms with E-state index in [0.717, 1.165) is 11.1 Å². The standard InChI is InChI=1S/C21H27N3O2/c1-16-4-5-18(12-17(16)2)13-20(25)23-8-10-24(11-9-23)21(26)14-19-6-7-22(3)15-19/h4-7,12,15H,8-11,13-14H2,1-3H3. The Morgan fingerprint density at radius 1 is 0.846 bits per heavy atom. The van der Waals surface area contributed by atoms with Crippen LogP contribution in [0.1, 0.15) is 22.3 Å². The Kier molecular flexibility index (Phi) is 5.45. The van der Waals surface area contributed by atoms with Gasteiger partial charge >= 0.3 is 0 Å². The number of aromatic nitrogens is 1. The SMILES string of the molecule is Cc1ccc(CC(=O)N2CCN(C(=O)Cc3ccn(C)c3)CC2)cc1C. The predicted octanol–water partition coefficient (Wildman–Crippen LogP) is 2.10. The molecule has 1 aromatic heterocycles. The lowest BCUT2D eigenvalue weighted by Gasteiger charge is -2.35. The van der Waals surface area contributed by atoms with E-state index in [1.807, 2.05) is 45.9 Å². The molecule has 5 heteroatoms. The molecule has 0 N–H and O–H groups in total. The number of nitrogens with zero attached hydrogens (tertiary/aromatic N) is 3. The molecule has 5 nitrogen and oxygen atoms in total. The number of carbonyl (C=O) groups is 2. The molecular weight excluding hydrogens is 326 g/mol. The number of rotatable bonds is 4. The van der Waals surface area contributed by atoms with Crippen molar-refractivity contribution >= 4 is 11.8 Å². The first-order valence-corrected chi connectivity index (χ1v) is 9.15. The van der Waals surface area contributed by atoms with Crippen LogP contribution in [0.15, 0.2) is 36.7 Å². The fourth-order valence-electron chi connectivity index (χ4n) is 3.36. The summed E-state index contributed by atoms with van der Waals surface area (Å²) in [6.45, 7) is 6.61. The van der Waals surface area contributed by atoms with Gasteiger partial charge < -0.3 is 14.4 Å². The van der Waals surface area contributed by atoms with E-state index in [0.29, 0.717) is 39.0 Å². The van der Waals surface area contributed by atoms with Crippen LogP contribution in [-0.2, 0) is 29.5 Å². The van der Waals surface area contributed by atoms with Crippen LogP contribution in [0.25, 0.3) is 0 Å². The molecule has 0 bridgehead atoms. The van der Waals surface area contributed by atoms with Crippen molar-refractivity contribution in [2.45, 2.75) is 26.7 Å². The minimum absolute atomic E-state index is 0.137. The molecule has 0 saturated carbocycles. The molecule has 0 atom stereocenters. The van der Waals surface area contributed by atoms with Crippen molar-refractivity contribution in [3.05, 3.63) is 58.9 Å². The Morgan fingerprint density at radius 3 is 1.92 bits per heavy atom. The van der Waals surface area contributed by atoms with Gasteiger partial charge in [0.15, 0.2) is 0 Å². The maximum Gasteiger partial charge on any atom is 0.227 e. The van der Waals surface area contributed by atoms with Crippen molar-refractivity contribution in [3.63, 3.8) is 0 Å². The average molecular weight is 353 g/mol. The van der Waals surface area contributed by atoms with Crippen molar-refractivity contribution in [2.24, 2.45) is 7.05 Å². The van der Waals surface area contributed by atoms with Crippen LogP contribution in [-0.4, -0.2) is 52.4 Å². The first-order chi connectivity index (χ1) is 12.4. The van der Waals surface area contributed by atoms with Gasteiger partial charge in [0.1, 0.15) is 0 Å². The maximum absolute atomic E-state index is 12.6. The fraction of sp³-hybridized carbons (Fsp3) is 0.429. The van der Waals surface area contributed by atoms with E-state index < -0.39 is 0 Å². The van der Waals surface area contributed by atoms with Crippen molar-refractivity contribution in [1.29, 1.82) is 0 Å². The van der Waals surface area contributed by atoms with Crippen LogP contribution in [0.4, 0.5) is 0 Å². The minimum atomic E-state index is 0.137. The number of hydrogen-bond acceptors (Lipinski definition) is 2. The first-order valence-electron chi connectivity index (χ1n) is 9.15. The lowest BCUT2D eigenvalue weighted by atomic mass is 10.0. The van der Waals surface area contributed by atoms with Crippen molar-refractivity contribution in [1.82, 2.24) is 14.4 Å². The number of piperazine rings is 1. The Bertz CT molecular complexity index is 801. The van der Waals surface area contributed by atoms with Crippen LogP contribution < -0.4 is 0 Å². The molecular formula is C21H27N3O2. The highest BCUT2D eigenvalue weighted by atomic mass is 16.2. The summed E-state index contributed by atoms with van der Waals surface area (Å²) in [6, 6.07) is 8.16. The van der Waals surface area contributed by atoms with Crippen molar-refractivity contribution in [3.8, 4) is 0 Å². The molecule has 0 aliphatic carbocycles. The average Bonchev–Trinajstić information content (AvgIpc) is 3.03. The van der Waals surface area contributed by atoms with E-state index in [1.54, 1.807) is 0 Å². The molecule has 0 unspecified atom stereocenters. The Hall–Kier alpha value is -2.56. The number of benzene rings is 1. The van der Waals surface area contributed by atoms with E-state index in [1.165, 1.54) is 11.1 Å². The molecule has 1 fully saturated rings. The third kappa shape index (κ3) is 4.34. The Morgan fingerprint density at radius 2 is 1.42 bits per heavy atom. The third-order valence-corrected chi connectivity index (χ3v) is 5.16. The van der Waals surface area contributed by atoms with Crippen LogP contribution in [0.5, 0.6) is 0 Å². The van der Waals surface area contributed by atoms with E-state index in [-0.39, 0.29) is 11.8 Å². The van der Waals surface area contributed by atoms with Gasteiger partial charge in [-0.05, 0) is 42.2 Å². The van der Waals surface area contributed by atoms with Crippen molar-refractivity contribution < 1.29 is 9.59 Å². The van der Waals surface area contributed by atoms with Gasteiger partial charge in [-0.3, -0.25) is 9.59 Å². The second-order valence-electron chi connectivity index (χ2n) is 7.22. The van der Waals surface area contributed by atoms with Gasteiger partial charge in [-0.15, -0.1) is 0 Å². The monoisotopic (exact) mass is 353 g/mol. The summed E-state index contributed by atoms with van der Waals surface area (Å²) in [4.78, 5) is 28.7. The van der Waals surface area contributed by atoms with Gasteiger partial charge in [-0.2, -0.15) is 0 Å². The lowest BCUT2D eigenvalue weighted by molar-refractivity contribution is -0.138. The molecule has 1 aromatic carbocycles. The Labute approximate surface area is 155 Å². The van der Waals surface area contributed by atoms with Gasteiger partial charge in [0.25, 0.3) is 0 Å². The molecule has 26 heavy (non-hydrogen) atoms. The summed E-state index contributed by atoms with van der Waals surface area (Å²) < 4.78 is 1.95. The summed E-state index contributed by atoms with van der Waals surface area (Å²) in [5, 5.41) is 0. The van der Waals surface area contributed by atoms with E-state index in [4.69, 9.17) is 0 Å². The fourth-order valence-corrected chi connectivity index (χ4v) is 3.36. The molecule has 2 amide bonds. The highest BCUT2D eigenvalue weighted by molar-refractivity contribution is 5.81. The van der Waals surface area contributed by atoms with Gasteiger partial charge in [-0.1, -0.05) is 18.2 Å². The summed E-state index contributed by atoms with van der Waals surface area (Å²) in [7, 11) is 1.95. The zero-order chi connectivity index (χ0) is 18.7. The molecule has 1 aliphatic rings. The largest absolute Gasteiger partial charge is 0.357 e.